The number of pyridine rings is 1. The summed E-state index contributed by atoms with van der Waals surface area (Å²) in [5.74, 6) is -2.17. The number of aromatic nitrogens is 2. The van der Waals surface area contributed by atoms with Crippen LogP contribution in [0.25, 0.3) is 16.0 Å². The summed E-state index contributed by atoms with van der Waals surface area (Å²) in [4.78, 5) is 27.4. The zero-order valence-electron chi connectivity index (χ0n) is 10.2. The maximum atomic E-state index is 13.6. The van der Waals surface area contributed by atoms with Gasteiger partial charge in [-0.1, -0.05) is 11.6 Å². The van der Waals surface area contributed by atoms with Crippen molar-refractivity contribution in [1.82, 2.24) is 9.55 Å². The zero-order valence-corrected chi connectivity index (χ0v) is 11.8. The predicted molar refractivity (Wildman–Crippen MR) is 77.1 cm³/mol. The van der Waals surface area contributed by atoms with Gasteiger partial charge in [-0.3, -0.25) is 9.36 Å². The normalized spacial score (nSPS) is 11.0. The molecule has 0 spiro atoms. The van der Waals surface area contributed by atoms with Gasteiger partial charge in [0.05, 0.1) is 15.9 Å². The van der Waals surface area contributed by atoms with E-state index in [0.29, 0.717) is 10.6 Å². The minimum Gasteiger partial charge on any atom is -0.477 e. The molecule has 0 aliphatic heterocycles. The van der Waals surface area contributed by atoms with E-state index in [1.807, 2.05) is 0 Å². The number of carbonyl (C=O) groups is 1. The molecule has 3 aromatic rings. The van der Waals surface area contributed by atoms with E-state index in [9.17, 15) is 14.0 Å². The Morgan fingerprint density at radius 3 is 2.81 bits per heavy atom. The second-order valence-electron chi connectivity index (χ2n) is 4.15. The monoisotopic (exact) mass is 324 g/mol. The molecule has 8 heteroatoms. The number of nitrogens with zero attached hydrogens (tertiary/aromatic N) is 2. The highest BCUT2D eigenvalue weighted by atomic mass is 35.5. The van der Waals surface area contributed by atoms with Gasteiger partial charge in [0, 0.05) is 17.8 Å². The first-order valence-electron chi connectivity index (χ1n) is 5.66. The summed E-state index contributed by atoms with van der Waals surface area (Å²) < 4.78 is 15.0. The fourth-order valence-electron chi connectivity index (χ4n) is 1.97. The molecule has 0 saturated heterocycles. The van der Waals surface area contributed by atoms with Crippen molar-refractivity contribution < 1.29 is 14.3 Å². The number of aromatic carboxylic acids is 1. The maximum Gasteiger partial charge on any atom is 0.341 e. The van der Waals surface area contributed by atoms with Gasteiger partial charge in [-0.25, -0.2) is 14.2 Å². The van der Waals surface area contributed by atoms with Gasteiger partial charge in [0.25, 0.3) is 0 Å². The Hall–Kier alpha value is -2.25. The average molecular weight is 325 g/mol. The van der Waals surface area contributed by atoms with Crippen LogP contribution in [-0.4, -0.2) is 20.6 Å². The summed E-state index contributed by atoms with van der Waals surface area (Å²) >= 11 is 7.00. The van der Waals surface area contributed by atoms with E-state index in [0.717, 1.165) is 6.07 Å². The van der Waals surface area contributed by atoms with Gasteiger partial charge in [0.1, 0.15) is 11.4 Å². The summed E-state index contributed by atoms with van der Waals surface area (Å²) in [7, 11) is 0. The lowest BCUT2D eigenvalue weighted by Crippen LogP contribution is -2.18. The van der Waals surface area contributed by atoms with Crippen molar-refractivity contribution in [3.8, 4) is 5.13 Å². The summed E-state index contributed by atoms with van der Waals surface area (Å²) in [6, 6.07) is 2.22. The Bertz CT molecular complexity index is 921. The molecule has 2 aromatic heterocycles. The molecule has 0 unspecified atom stereocenters. The predicted octanol–water partition coefficient (Wildman–Crippen LogP) is 2.94. The second kappa shape index (κ2) is 4.94. The van der Waals surface area contributed by atoms with E-state index >= 15 is 0 Å². The number of carboxylic acids is 1. The van der Waals surface area contributed by atoms with Crippen molar-refractivity contribution in [2.24, 2.45) is 0 Å². The second-order valence-corrected chi connectivity index (χ2v) is 5.43. The van der Waals surface area contributed by atoms with Crippen LogP contribution in [0.2, 0.25) is 5.02 Å². The third-order valence-corrected chi connectivity index (χ3v) is 3.96. The molecule has 106 valence electrons. The van der Waals surface area contributed by atoms with E-state index < -0.39 is 22.8 Å². The highest BCUT2D eigenvalue weighted by Crippen LogP contribution is 2.24. The molecular formula is C13H6ClFN2O3S. The molecule has 1 aromatic carbocycles. The molecule has 0 bridgehead atoms. The molecule has 1 N–H and O–H groups in total. The smallest absolute Gasteiger partial charge is 0.341 e. The summed E-state index contributed by atoms with van der Waals surface area (Å²) in [6.07, 6.45) is 2.70. The van der Waals surface area contributed by atoms with Crippen LogP contribution in [0.4, 0.5) is 4.39 Å². The number of hydrogen-bond donors (Lipinski definition) is 1. The summed E-state index contributed by atoms with van der Waals surface area (Å²) in [5, 5.41) is 11.0. The molecule has 3 rings (SSSR count). The number of carboxylic acid groups (broad SMARTS) is 1. The standard InChI is InChI=1S/C13H6ClFN2O3S/c14-8-4-10-6(3-9(8)15)11(18)7(12(19)20)5-17(10)13-16-1-2-21-13/h1-5H,(H,19,20). The lowest BCUT2D eigenvalue weighted by molar-refractivity contribution is 0.0695. The van der Waals surface area contributed by atoms with Gasteiger partial charge in [-0.05, 0) is 12.1 Å². The van der Waals surface area contributed by atoms with Crippen molar-refractivity contribution in [2.45, 2.75) is 0 Å². The van der Waals surface area contributed by atoms with Crippen LogP contribution in [0.1, 0.15) is 10.4 Å². The van der Waals surface area contributed by atoms with Crippen LogP contribution in [0.15, 0.2) is 34.7 Å². The average Bonchev–Trinajstić information content (AvgIpc) is 2.95. The molecule has 21 heavy (non-hydrogen) atoms. The number of fused-ring (bicyclic) bond motifs is 1. The van der Waals surface area contributed by atoms with E-state index in [1.54, 1.807) is 5.38 Å². The van der Waals surface area contributed by atoms with Gasteiger partial charge in [0.2, 0.25) is 5.43 Å². The number of thiazole rings is 1. The van der Waals surface area contributed by atoms with Crippen LogP contribution in [0.3, 0.4) is 0 Å². The minimum absolute atomic E-state index is 0.0630. The summed E-state index contributed by atoms with van der Waals surface area (Å²) in [5.41, 5.74) is -0.924. The van der Waals surface area contributed by atoms with Crippen molar-refractivity contribution in [3.63, 3.8) is 0 Å². The SMILES string of the molecule is O=C(O)c1cn(-c2nccs2)c2cc(Cl)c(F)cc2c1=O. The molecule has 0 atom stereocenters. The van der Waals surface area contributed by atoms with Gasteiger partial charge >= 0.3 is 5.97 Å². The van der Waals surface area contributed by atoms with Crippen molar-refractivity contribution >= 4 is 39.8 Å². The fourth-order valence-corrected chi connectivity index (χ4v) is 2.75. The van der Waals surface area contributed by atoms with Crippen LogP contribution >= 0.6 is 22.9 Å². The quantitative estimate of drug-likeness (QED) is 0.786. The Balaban J connectivity index is 2.51. The highest BCUT2D eigenvalue weighted by molar-refractivity contribution is 7.12. The first kappa shape index (κ1) is 13.7. The number of hydrogen-bond acceptors (Lipinski definition) is 4. The fraction of sp³-hybridized carbons (Fsp3) is 0. The third kappa shape index (κ3) is 2.20. The highest BCUT2D eigenvalue weighted by Gasteiger charge is 2.18. The molecule has 0 saturated carbocycles. The lowest BCUT2D eigenvalue weighted by atomic mass is 10.1. The number of halogens is 2. The van der Waals surface area contributed by atoms with Crippen molar-refractivity contribution in [2.75, 3.05) is 0 Å². The molecule has 0 amide bonds. The molecule has 0 aliphatic rings. The maximum absolute atomic E-state index is 13.6. The van der Waals surface area contributed by atoms with Crippen LogP contribution in [0.5, 0.6) is 0 Å². The van der Waals surface area contributed by atoms with Crippen LogP contribution in [-0.2, 0) is 0 Å². The number of benzene rings is 1. The molecule has 0 fully saturated rings. The van der Waals surface area contributed by atoms with Crippen molar-refractivity contribution in [3.05, 3.63) is 56.5 Å². The van der Waals surface area contributed by atoms with E-state index in [1.165, 1.54) is 34.4 Å². The number of rotatable bonds is 2. The van der Waals surface area contributed by atoms with Gasteiger partial charge < -0.3 is 5.11 Å². The van der Waals surface area contributed by atoms with Crippen LogP contribution in [0, 0.1) is 5.82 Å². The molecule has 0 aliphatic carbocycles. The van der Waals surface area contributed by atoms with Crippen molar-refractivity contribution in [1.29, 1.82) is 0 Å². The van der Waals surface area contributed by atoms with Gasteiger partial charge in [0.15, 0.2) is 5.13 Å². The van der Waals surface area contributed by atoms with E-state index in [4.69, 9.17) is 16.7 Å². The Morgan fingerprint density at radius 1 is 1.43 bits per heavy atom. The van der Waals surface area contributed by atoms with Gasteiger partial charge in [-0.15, -0.1) is 11.3 Å². The molecule has 2 heterocycles. The Labute approximate surface area is 125 Å². The van der Waals surface area contributed by atoms with Crippen LogP contribution < -0.4 is 5.43 Å². The Morgan fingerprint density at radius 2 is 2.19 bits per heavy atom. The first-order chi connectivity index (χ1) is 9.99. The van der Waals surface area contributed by atoms with E-state index in [2.05, 4.69) is 4.98 Å². The molecule has 5 nitrogen and oxygen atoms in total. The summed E-state index contributed by atoms with van der Waals surface area (Å²) in [6.45, 7) is 0. The van der Waals surface area contributed by atoms with Gasteiger partial charge in [-0.2, -0.15) is 0 Å². The topological polar surface area (TPSA) is 72.2 Å². The Kier molecular flexibility index (Phi) is 3.23. The molecule has 0 radical (unpaired) electrons. The lowest BCUT2D eigenvalue weighted by Gasteiger charge is -2.10. The zero-order chi connectivity index (χ0) is 15.1. The first-order valence-corrected chi connectivity index (χ1v) is 6.92. The van der Waals surface area contributed by atoms with E-state index in [-0.39, 0.29) is 10.4 Å². The third-order valence-electron chi connectivity index (χ3n) is 2.90. The minimum atomic E-state index is -1.39. The molecular weight excluding hydrogens is 319 g/mol. The largest absolute Gasteiger partial charge is 0.477 e.